The average Bonchev–Trinajstić information content (AvgIpc) is 3.50. The van der Waals surface area contributed by atoms with Gasteiger partial charge in [-0.15, -0.1) is 23.4 Å². The molecule has 0 saturated heterocycles. The minimum absolute atomic E-state index is 0.144. The molecule has 0 spiro atoms. The van der Waals surface area contributed by atoms with Crippen LogP contribution < -0.4 is 4.74 Å². The fourth-order valence-corrected chi connectivity index (χ4v) is 3.50. The molecular weight excluding hydrogens is 485 g/mol. The molecule has 0 aliphatic rings. The van der Waals surface area contributed by atoms with Gasteiger partial charge >= 0.3 is 12.5 Å². The molecule has 3 heterocycles. The van der Waals surface area contributed by atoms with Crippen molar-refractivity contribution in [3.63, 3.8) is 0 Å². The van der Waals surface area contributed by atoms with Crippen LogP contribution in [0.1, 0.15) is 11.4 Å². The van der Waals surface area contributed by atoms with E-state index >= 15 is 0 Å². The highest BCUT2D eigenvalue weighted by atomic mass is 19.4. The Morgan fingerprint density at radius 1 is 0.778 bits per heavy atom. The molecule has 5 rings (SSSR count). The quantitative estimate of drug-likeness (QED) is 0.266. The summed E-state index contributed by atoms with van der Waals surface area (Å²) in [5.74, 6) is -1.14. The van der Waals surface area contributed by atoms with Gasteiger partial charge < -0.3 is 9.47 Å². The third-order valence-electron chi connectivity index (χ3n) is 5.16. The number of benzene rings is 2. The molecule has 0 aliphatic heterocycles. The third kappa shape index (κ3) is 5.03. The maximum absolute atomic E-state index is 15.0. The zero-order chi connectivity index (χ0) is 25.3. The minimum atomic E-state index is -4.82. The molecular formula is C24H16F5N5O2. The van der Waals surface area contributed by atoms with Gasteiger partial charge in [-0.25, -0.2) is 4.68 Å². The van der Waals surface area contributed by atoms with Crippen molar-refractivity contribution in [3.05, 3.63) is 96.7 Å². The molecule has 0 unspecified atom stereocenters. The number of halogens is 5. The highest BCUT2D eigenvalue weighted by molar-refractivity contribution is 5.65. The van der Waals surface area contributed by atoms with E-state index < -0.39 is 30.7 Å². The van der Waals surface area contributed by atoms with Crippen molar-refractivity contribution < 1.29 is 31.4 Å². The maximum Gasteiger partial charge on any atom is 0.573 e. The molecule has 5 aromatic rings. The first-order valence-corrected chi connectivity index (χ1v) is 10.5. The van der Waals surface area contributed by atoms with Crippen LogP contribution in [0.5, 0.6) is 5.75 Å². The number of nitrogens with zero attached hydrogens (tertiary/aromatic N) is 5. The molecule has 36 heavy (non-hydrogen) atoms. The monoisotopic (exact) mass is 501 g/mol. The van der Waals surface area contributed by atoms with Gasteiger partial charge in [0.2, 0.25) is 5.82 Å². The number of ether oxygens (including phenoxy) is 2. The summed E-state index contributed by atoms with van der Waals surface area (Å²) in [5.41, 5.74) is 2.26. The topological polar surface area (TPSA) is 66.5 Å². The second kappa shape index (κ2) is 9.04. The van der Waals surface area contributed by atoms with Gasteiger partial charge in [0.05, 0.1) is 18.5 Å². The molecule has 0 radical (unpaired) electrons. The van der Waals surface area contributed by atoms with Crippen LogP contribution in [0, 0.1) is 0 Å². The Labute approximate surface area is 200 Å². The lowest BCUT2D eigenvalue weighted by atomic mass is 10.1. The molecule has 0 amide bonds. The zero-order valence-corrected chi connectivity index (χ0v) is 18.2. The summed E-state index contributed by atoms with van der Waals surface area (Å²) in [5, 5.41) is 11.5. The van der Waals surface area contributed by atoms with Crippen LogP contribution in [-0.4, -0.2) is 30.7 Å². The summed E-state index contributed by atoms with van der Waals surface area (Å²) in [6.45, 7) is -0.435. The Bertz CT molecular complexity index is 1480. The number of hydrogen-bond donors (Lipinski definition) is 0. The van der Waals surface area contributed by atoms with Gasteiger partial charge in [-0.3, -0.25) is 4.40 Å². The highest BCUT2D eigenvalue weighted by Crippen LogP contribution is 2.31. The van der Waals surface area contributed by atoms with Crippen molar-refractivity contribution in [2.24, 2.45) is 0 Å². The van der Waals surface area contributed by atoms with E-state index in [9.17, 15) is 22.0 Å². The van der Waals surface area contributed by atoms with E-state index in [4.69, 9.17) is 4.74 Å². The molecule has 12 heteroatoms. The molecule has 184 valence electrons. The van der Waals surface area contributed by atoms with E-state index in [-0.39, 0.29) is 5.65 Å². The Balaban J connectivity index is 1.35. The van der Waals surface area contributed by atoms with Crippen LogP contribution in [0.15, 0.2) is 85.3 Å². The van der Waals surface area contributed by atoms with Crippen molar-refractivity contribution in [1.29, 1.82) is 0 Å². The molecule has 0 N–H and O–H groups in total. The summed E-state index contributed by atoms with van der Waals surface area (Å²) in [6.07, 6.45) is -4.25. The fraction of sp³-hybridized carbons (Fsp3) is 0.125. The highest BCUT2D eigenvalue weighted by Gasteiger charge is 2.39. The summed E-state index contributed by atoms with van der Waals surface area (Å²) >= 11 is 0. The maximum atomic E-state index is 15.0. The molecule has 0 atom stereocenters. The van der Waals surface area contributed by atoms with E-state index in [1.807, 2.05) is 30.3 Å². The molecule has 2 aromatic carbocycles. The van der Waals surface area contributed by atoms with E-state index in [0.29, 0.717) is 16.7 Å². The molecule has 0 aliphatic carbocycles. The van der Waals surface area contributed by atoms with Crippen molar-refractivity contribution in [1.82, 2.24) is 24.4 Å². The first kappa shape index (κ1) is 23.4. The first-order valence-electron chi connectivity index (χ1n) is 10.5. The predicted molar refractivity (Wildman–Crippen MR) is 117 cm³/mol. The Kier molecular flexibility index (Phi) is 5.88. The molecule has 0 bridgehead atoms. The van der Waals surface area contributed by atoms with Gasteiger partial charge in [0.25, 0.3) is 0 Å². The van der Waals surface area contributed by atoms with Gasteiger partial charge in [0.1, 0.15) is 5.75 Å². The Morgan fingerprint density at radius 2 is 1.50 bits per heavy atom. The lowest BCUT2D eigenvalue weighted by Gasteiger charge is -2.15. The first-order chi connectivity index (χ1) is 17.2. The normalized spacial score (nSPS) is 12.2. The summed E-state index contributed by atoms with van der Waals surface area (Å²) < 4.78 is 78.5. The number of alkyl halides is 5. The van der Waals surface area contributed by atoms with Crippen LogP contribution in [-0.2, 0) is 17.5 Å². The van der Waals surface area contributed by atoms with Gasteiger partial charge in [-0.1, -0.05) is 30.3 Å². The molecule has 0 fully saturated rings. The van der Waals surface area contributed by atoms with Crippen molar-refractivity contribution in [2.75, 3.05) is 0 Å². The summed E-state index contributed by atoms with van der Waals surface area (Å²) in [6, 6.07) is 17.2. The number of aromatic nitrogens is 5. The van der Waals surface area contributed by atoms with Crippen molar-refractivity contribution in [2.45, 2.75) is 19.1 Å². The third-order valence-corrected chi connectivity index (χ3v) is 5.16. The van der Waals surface area contributed by atoms with E-state index in [2.05, 4.69) is 20.0 Å². The summed E-state index contributed by atoms with van der Waals surface area (Å²) in [4.78, 5) is 0. The summed E-state index contributed by atoms with van der Waals surface area (Å²) in [7, 11) is 0. The smallest absolute Gasteiger partial charge is 0.406 e. The second-order valence-corrected chi connectivity index (χ2v) is 7.68. The lowest BCUT2D eigenvalue weighted by Crippen LogP contribution is -2.21. The average molecular weight is 501 g/mol. The van der Waals surface area contributed by atoms with E-state index in [0.717, 1.165) is 22.2 Å². The molecule has 0 saturated carbocycles. The number of fused-ring (bicyclic) bond motifs is 1. The second-order valence-electron chi connectivity index (χ2n) is 7.68. The van der Waals surface area contributed by atoms with Gasteiger partial charge in [-0.2, -0.15) is 13.9 Å². The number of para-hydroxylation sites is 1. The van der Waals surface area contributed by atoms with Crippen LogP contribution in [0.4, 0.5) is 22.0 Å². The van der Waals surface area contributed by atoms with Crippen LogP contribution in [0.3, 0.4) is 0 Å². The molecule has 3 aromatic heterocycles. The van der Waals surface area contributed by atoms with Crippen LogP contribution in [0.25, 0.3) is 22.5 Å². The molecule has 7 nitrogen and oxygen atoms in total. The van der Waals surface area contributed by atoms with Gasteiger partial charge in [-0.05, 0) is 47.5 Å². The van der Waals surface area contributed by atoms with Crippen LogP contribution in [0.2, 0.25) is 0 Å². The fourth-order valence-electron chi connectivity index (χ4n) is 3.50. The lowest BCUT2D eigenvalue weighted by molar-refractivity contribution is -0.274. The number of hydrogen-bond acceptors (Lipinski definition) is 5. The van der Waals surface area contributed by atoms with E-state index in [1.54, 1.807) is 16.9 Å². The predicted octanol–water partition coefficient (Wildman–Crippen LogP) is 5.75. The number of pyridine rings is 1. The van der Waals surface area contributed by atoms with E-state index in [1.165, 1.54) is 30.6 Å². The van der Waals surface area contributed by atoms with Crippen molar-refractivity contribution in [3.8, 4) is 22.6 Å². The number of rotatable bonds is 7. The van der Waals surface area contributed by atoms with Crippen molar-refractivity contribution >= 4 is 5.65 Å². The SMILES string of the molecule is FC(F)(F)Oc1ccc(-c2ccc3nnc(C(F)(F)OCc4cnn(-c5ccccc5)c4)n3c2)cc1. The standard InChI is InChI=1S/C24H16F5N5O2/c25-23(26,35-15-16-12-30-34(13-16)19-4-2-1-3-5-19)22-32-31-21-11-8-18(14-33(21)22)17-6-9-20(10-7-17)36-24(27,28)29/h1-14H,15H2. The van der Waals surface area contributed by atoms with Crippen LogP contribution >= 0.6 is 0 Å². The Morgan fingerprint density at radius 3 is 2.22 bits per heavy atom. The van der Waals surface area contributed by atoms with Gasteiger partial charge in [0, 0.05) is 18.0 Å². The van der Waals surface area contributed by atoms with Gasteiger partial charge in [0.15, 0.2) is 5.65 Å². The largest absolute Gasteiger partial charge is 0.573 e. The zero-order valence-electron chi connectivity index (χ0n) is 18.2. The Hall–Kier alpha value is -4.32. The minimum Gasteiger partial charge on any atom is -0.406 e.